The van der Waals surface area contributed by atoms with Crippen molar-refractivity contribution < 1.29 is 14.7 Å². The average Bonchev–Trinajstić information content (AvgIpc) is 2.54. The smallest absolute Gasteiger partial charge is 0.220 e. The number of amidine groups is 1. The fourth-order valence-corrected chi connectivity index (χ4v) is 3.35. The van der Waals surface area contributed by atoms with Crippen molar-refractivity contribution in [3.8, 4) is 0 Å². The lowest BCUT2D eigenvalue weighted by Gasteiger charge is -2.37. The molecule has 4 N–H and O–H groups in total. The summed E-state index contributed by atoms with van der Waals surface area (Å²) in [5, 5.41) is 15.1. The lowest BCUT2D eigenvalue weighted by atomic mass is 9.80. The molecule has 6 heteroatoms. The van der Waals surface area contributed by atoms with E-state index in [-0.39, 0.29) is 17.8 Å². The third-order valence-electron chi connectivity index (χ3n) is 4.65. The third kappa shape index (κ3) is 4.33. The van der Waals surface area contributed by atoms with Gasteiger partial charge in [-0.1, -0.05) is 24.4 Å². The van der Waals surface area contributed by atoms with Gasteiger partial charge >= 0.3 is 0 Å². The molecule has 1 saturated heterocycles. The van der Waals surface area contributed by atoms with Crippen LogP contribution in [-0.2, 0) is 9.53 Å². The molecule has 0 radical (unpaired) electrons. The molecular formula is C15H27N3O3. The van der Waals surface area contributed by atoms with Crippen molar-refractivity contribution >= 4 is 11.7 Å². The van der Waals surface area contributed by atoms with E-state index in [4.69, 9.17) is 15.7 Å². The molecule has 2 fully saturated rings. The molecule has 0 bridgehead atoms. The number of oxime groups is 1. The summed E-state index contributed by atoms with van der Waals surface area (Å²) >= 11 is 0. The molecule has 120 valence electrons. The Hall–Kier alpha value is -1.30. The number of rotatable bonds is 5. The van der Waals surface area contributed by atoms with Gasteiger partial charge in [0.25, 0.3) is 0 Å². The molecular weight excluding hydrogens is 270 g/mol. The Kier molecular flexibility index (Phi) is 5.85. The topological polar surface area (TPSA) is 96.9 Å². The van der Waals surface area contributed by atoms with Crippen molar-refractivity contribution in [1.29, 1.82) is 0 Å². The Morgan fingerprint density at radius 2 is 2.05 bits per heavy atom. The zero-order valence-corrected chi connectivity index (χ0v) is 12.6. The van der Waals surface area contributed by atoms with E-state index in [1.54, 1.807) is 0 Å². The number of amides is 1. The van der Waals surface area contributed by atoms with E-state index in [9.17, 15) is 4.79 Å². The first-order valence-corrected chi connectivity index (χ1v) is 8.07. The van der Waals surface area contributed by atoms with Gasteiger partial charge in [-0.15, -0.1) is 0 Å². The minimum Gasteiger partial charge on any atom is -0.409 e. The van der Waals surface area contributed by atoms with Gasteiger partial charge < -0.3 is 21.0 Å². The Balaban J connectivity index is 1.85. The molecule has 1 atom stereocenters. The Labute approximate surface area is 126 Å². The second-order valence-corrected chi connectivity index (χ2v) is 6.20. The second-order valence-electron chi connectivity index (χ2n) is 6.20. The molecule has 1 unspecified atom stereocenters. The Morgan fingerprint density at radius 1 is 1.29 bits per heavy atom. The van der Waals surface area contributed by atoms with Gasteiger partial charge in [0.15, 0.2) is 5.84 Å². The number of nitrogens with one attached hydrogen (secondary N) is 1. The van der Waals surface area contributed by atoms with Crippen molar-refractivity contribution in [2.24, 2.45) is 10.9 Å². The molecule has 21 heavy (non-hydrogen) atoms. The Bertz CT molecular complexity index is 372. The van der Waals surface area contributed by atoms with E-state index in [2.05, 4.69) is 10.5 Å². The van der Waals surface area contributed by atoms with E-state index in [1.165, 1.54) is 6.42 Å². The zero-order chi connectivity index (χ0) is 15.1. The Morgan fingerprint density at radius 3 is 2.67 bits per heavy atom. The summed E-state index contributed by atoms with van der Waals surface area (Å²) in [5.74, 6) is 0.0992. The van der Waals surface area contributed by atoms with Gasteiger partial charge in [-0.3, -0.25) is 4.79 Å². The average molecular weight is 297 g/mol. The zero-order valence-electron chi connectivity index (χ0n) is 12.6. The number of nitrogens with two attached hydrogens (primary N) is 1. The van der Waals surface area contributed by atoms with Crippen LogP contribution in [0, 0.1) is 0 Å². The SMILES string of the molecule is NC(=NO)C1(NC(=O)CCC2CCCCO2)CCCCC1. The summed E-state index contributed by atoms with van der Waals surface area (Å²) < 4.78 is 5.64. The molecule has 1 aliphatic carbocycles. The number of carbonyl (C=O) groups is 1. The first kappa shape index (κ1) is 16.1. The van der Waals surface area contributed by atoms with Crippen molar-refractivity contribution in [3.63, 3.8) is 0 Å². The standard InChI is InChI=1S/C15H27N3O3/c16-14(18-20)15(9-3-1-4-10-15)17-13(19)8-7-12-6-2-5-11-21-12/h12,20H,1-11H2,(H2,16,18)(H,17,19). The number of carbonyl (C=O) groups excluding carboxylic acids is 1. The highest BCUT2D eigenvalue weighted by molar-refractivity contribution is 5.94. The van der Waals surface area contributed by atoms with E-state index >= 15 is 0 Å². The van der Waals surface area contributed by atoms with Crippen molar-refractivity contribution in [2.75, 3.05) is 6.61 Å². The molecule has 1 saturated carbocycles. The molecule has 0 aromatic heterocycles. The lowest BCUT2D eigenvalue weighted by molar-refractivity contribution is -0.123. The highest BCUT2D eigenvalue weighted by Gasteiger charge is 2.38. The molecule has 6 nitrogen and oxygen atoms in total. The molecule has 2 rings (SSSR count). The summed E-state index contributed by atoms with van der Waals surface area (Å²) in [7, 11) is 0. The van der Waals surface area contributed by atoms with E-state index in [0.29, 0.717) is 6.42 Å². The number of ether oxygens (including phenoxy) is 1. The molecule has 1 aliphatic heterocycles. The summed E-state index contributed by atoms with van der Waals surface area (Å²) in [6.07, 6.45) is 9.33. The van der Waals surface area contributed by atoms with Gasteiger partial charge in [0, 0.05) is 13.0 Å². The van der Waals surface area contributed by atoms with Gasteiger partial charge in [0.05, 0.1) is 6.10 Å². The summed E-state index contributed by atoms with van der Waals surface area (Å²) in [4.78, 5) is 12.2. The number of nitrogens with zero attached hydrogens (tertiary/aromatic N) is 1. The summed E-state index contributed by atoms with van der Waals surface area (Å²) in [6, 6.07) is 0. The molecule has 0 aromatic carbocycles. The number of hydrogen-bond donors (Lipinski definition) is 3. The van der Waals surface area contributed by atoms with Crippen LogP contribution < -0.4 is 11.1 Å². The first-order valence-electron chi connectivity index (χ1n) is 8.07. The largest absolute Gasteiger partial charge is 0.409 e. The third-order valence-corrected chi connectivity index (χ3v) is 4.65. The van der Waals surface area contributed by atoms with Crippen LogP contribution in [0.2, 0.25) is 0 Å². The van der Waals surface area contributed by atoms with Gasteiger partial charge in [-0.25, -0.2) is 0 Å². The fourth-order valence-electron chi connectivity index (χ4n) is 3.35. The fraction of sp³-hybridized carbons (Fsp3) is 0.867. The van der Waals surface area contributed by atoms with Gasteiger partial charge in [-0.05, 0) is 38.5 Å². The molecule has 1 amide bonds. The minimum atomic E-state index is -0.655. The van der Waals surface area contributed by atoms with Crippen LogP contribution in [0.15, 0.2) is 5.16 Å². The van der Waals surface area contributed by atoms with E-state index in [1.807, 2.05) is 0 Å². The van der Waals surface area contributed by atoms with Crippen LogP contribution in [0.3, 0.4) is 0 Å². The lowest BCUT2D eigenvalue weighted by Crippen LogP contribution is -2.58. The highest BCUT2D eigenvalue weighted by Crippen LogP contribution is 2.29. The quantitative estimate of drug-likeness (QED) is 0.312. The minimum absolute atomic E-state index is 0.0299. The van der Waals surface area contributed by atoms with Crippen LogP contribution in [0.5, 0.6) is 0 Å². The van der Waals surface area contributed by atoms with Crippen molar-refractivity contribution in [3.05, 3.63) is 0 Å². The van der Waals surface area contributed by atoms with Gasteiger partial charge in [-0.2, -0.15) is 0 Å². The van der Waals surface area contributed by atoms with Crippen LogP contribution in [0.4, 0.5) is 0 Å². The molecule has 0 aromatic rings. The second kappa shape index (κ2) is 7.64. The van der Waals surface area contributed by atoms with E-state index in [0.717, 1.165) is 58.0 Å². The highest BCUT2D eigenvalue weighted by atomic mass is 16.5. The maximum absolute atomic E-state index is 12.2. The number of hydrogen-bond acceptors (Lipinski definition) is 4. The monoisotopic (exact) mass is 297 g/mol. The normalized spacial score (nSPS) is 26.3. The summed E-state index contributed by atoms with van der Waals surface area (Å²) in [6.45, 7) is 0.806. The maximum atomic E-state index is 12.2. The van der Waals surface area contributed by atoms with Crippen molar-refractivity contribution in [1.82, 2.24) is 5.32 Å². The van der Waals surface area contributed by atoms with E-state index < -0.39 is 5.54 Å². The maximum Gasteiger partial charge on any atom is 0.220 e. The molecule has 1 heterocycles. The first-order chi connectivity index (χ1) is 10.2. The predicted molar refractivity (Wildman–Crippen MR) is 80.2 cm³/mol. The van der Waals surface area contributed by atoms with Crippen molar-refractivity contribution in [2.45, 2.75) is 75.9 Å². The van der Waals surface area contributed by atoms with Crippen LogP contribution in [-0.4, -0.2) is 35.2 Å². The molecule has 2 aliphatic rings. The van der Waals surface area contributed by atoms with Crippen LogP contribution in [0.25, 0.3) is 0 Å². The summed E-state index contributed by atoms with van der Waals surface area (Å²) in [5.41, 5.74) is 5.18. The van der Waals surface area contributed by atoms with Gasteiger partial charge in [0.1, 0.15) is 5.54 Å². The van der Waals surface area contributed by atoms with Crippen LogP contribution >= 0.6 is 0 Å². The molecule has 0 spiro atoms. The van der Waals surface area contributed by atoms with Crippen LogP contribution in [0.1, 0.15) is 64.2 Å². The van der Waals surface area contributed by atoms with Gasteiger partial charge in [0.2, 0.25) is 5.91 Å². The predicted octanol–water partition coefficient (Wildman–Crippen LogP) is 1.90.